The molecule has 0 saturated carbocycles. The van der Waals surface area contributed by atoms with Crippen molar-refractivity contribution in [2.24, 2.45) is 0 Å². The molecule has 3 aromatic rings. The molecule has 2 aromatic heterocycles. The van der Waals surface area contributed by atoms with Gasteiger partial charge in [0.2, 0.25) is 0 Å². The maximum Gasteiger partial charge on any atom is 0.287 e. The molecule has 5 heteroatoms. The minimum atomic E-state index is -0.246. The van der Waals surface area contributed by atoms with Crippen LogP contribution in [-0.4, -0.2) is 11.9 Å². The molecule has 1 unspecified atom stereocenters. The van der Waals surface area contributed by atoms with Gasteiger partial charge in [-0.1, -0.05) is 0 Å². The van der Waals surface area contributed by atoms with Crippen LogP contribution in [0.5, 0.6) is 0 Å². The van der Waals surface area contributed by atoms with E-state index in [1.807, 2.05) is 19.1 Å². The van der Waals surface area contributed by atoms with Crippen LogP contribution in [0, 0.1) is 0 Å². The van der Waals surface area contributed by atoms with E-state index in [4.69, 9.17) is 14.6 Å². The molecule has 0 aliphatic rings. The van der Waals surface area contributed by atoms with E-state index in [1.54, 1.807) is 30.5 Å². The van der Waals surface area contributed by atoms with Crippen LogP contribution >= 0.6 is 0 Å². The van der Waals surface area contributed by atoms with Crippen molar-refractivity contribution < 1.29 is 13.6 Å². The van der Waals surface area contributed by atoms with Crippen LogP contribution in [-0.2, 0) is 6.42 Å². The van der Waals surface area contributed by atoms with Gasteiger partial charge in [-0.05, 0) is 43.3 Å². The summed E-state index contributed by atoms with van der Waals surface area (Å²) in [6.07, 6.45) is 2.25. The van der Waals surface area contributed by atoms with Crippen LogP contribution in [0.25, 0.3) is 11.0 Å². The maximum absolute atomic E-state index is 12.2. The lowest BCUT2D eigenvalue weighted by molar-refractivity contribution is 0.0913. The van der Waals surface area contributed by atoms with Gasteiger partial charge >= 0.3 is 0 Å². The molecule has 1 amide bonds. The average molecular weight is 284 g/mol. The molecule has 5 nitrogen and oxygen atoms in total. The minimum Gasteiger partial charge on any atom is -0.469 e. The Hall–Kier alpha value is -2.69. The summed E-state index contributed by atoms with van der Waals surface area (Å²) in [7, 11) is 0. The number of nitrogens with one attached hydrogen (secondary N) is 1. The summed E-state index contributed by atoms with van der Waals surface area (Å²) in [5, 5.41) is 3.70. The Morgan fingerprint density at radius 2 is 2.19 bits per heavy atom. The zero-order valence-electron chi connectivity index (χ0n) is 11.6. The number of nitrogen functional groups attached to an aromatic ring is 1. The summed E-state index contributed by atoms with van der Waals surface area (Å²) >= 11 is 0. The molecule has 3 rings (SSSR count). The van der Waals surface area contributed by atoms with E-state index in [-0.39, 0.29) is 17.7 Å². The Kier molecular flexibility index (Phi) is 3.39. The molecule has 108 valence electrons. The van der Waals surface area contributed by atoms with Gasteiger partial charge in [0.1, 0.15) is 11.3 Å². The van der Waals surface area contributed by atoms with Gasteiger partial charge < -0.3 is 19.9 Å². The van der Waals surface area contributed by atoms with E-state index in [2.05, 4.69) is 5.32 Å². The fourth-order valence-electron chi connectivity index (χ4n) is 2.25. The highest BCUT2D eigenvalue weighted by Crippen LogP contribution is 2.21. The summed E-state index contributed by atoms with van der Waals surface area (Å²) in [6, 6.07) is 10.6. The molecule has 0 aliphatic heterocycles. The maximum atomic E-state index is 12.2. The predicted octanol–water partition coefficient (Wildman–Crippen LogP) is 2.97. The van der Waals surface area contributed by atoms with Crippen LogP contribution < -0.4 is 11.1 Å². The van der Waals surface area contributed by atoms with Crippen molar-refractivity contribution in [2.45, 2.75) is 19.4 Å². The van der Waals surface area contributed by atoms with Gasteiger partial charge in [-0.25, -0.2) is 0 Å². The van der Waals surface area contributed by atoms with Gasteiger partial charge in [0.05, 0.1) is 6.26 Å². The summed E-state index contributed by atoms with van der Waals surface area (Å²) in [4.78, 5) is 12.2. The summed E-state index contributed by atoms with van der Waals surface area (Å²) in [5.74, 6) is 0.867. The molecular weight excluding hydrogens is 268 g/mol. The van der Waals surface area contributed by atoms with Crippen molar-refractivity contribution in [1.29, 1.82) is 0 Å². The quantitative estimate of drug-likeness (QED) is 0.722. The van der Waals surface area contributed by atoms with Gasteiger partial charge in [0.25, 0.3) is 5.91 Å². The van der Waals surface area contributed by atoms with Gasteiger partial charge in [0, 0.05) is 23.5 Å². The Labute approximate surface area is 121 Å². The third kappa shape index (κ3) is 2.91. The SMILES string of the molecule is CC(Cc1ccco1)NC(=O)c1cc2cc(N)ccc2o1. The molecule has 3 N–H and O–H groups in total. The number of carbonyl (C=O) groups excluding carboxylic acids is 1. The number of hydrogen-bond donors (Lipinski definition) is 2. The lowest BCUT2D eigenvalue weighted by Crippen LogP contribution is -2.33. The molecule has 0 radical (unpaired) electrons. The molecule has 21 heavy (non-hydrogen) atoms. The van der Waals surface area contributed by atoms with E-state index in [9.17, 15) is 4.79 Å². The minimum absolute atomic E-state index is 0.0538. The van der Waals surface area contributed by atoms with E-state index >= 15 is 0 Å². The number of amides is 1. The number of benzene rings is 1. The highest BCUT2D eigenvalue weighted by Gasteiger charge is 2.15. The Morgan fingerprint density at radius 1 is 1.33 bits per heavy atom. The third-order valence-electron chi connectivity index (χ3n) is 3.23. The predicted molar refractivity (Wildman–Crippen MR) is 80.0 cm³/mol. The number of furan rings is 2. The summed E-state index contributed by atoms with van der Waals surface area (Å²) < 4.78 is 10.8. The van der Waals surface area contributed by atoms with E-state index < -0.39 is 0 Å². The first-order chi connectivity index (χ1) is 10.1. The van der Waals surface area contributed by atoms with Crippen LogP contribution in [0.1, 0.15) is 23.2 Å². The van der Waals surface area contributed by atoms with Gasteiger partial charge in [-0.15, -0.1) is 0 Å². The molecule has 1 atom stereocenters. The molecule has 0 bridgehead atoms. The monoisotopic (exact) mass is 284 g/mol. The molecule has 2 heterocycles. The first-order valence-electron chi connectivity index (χ1n) is 6.74. The Balaban J connectivity index is 1.71. The van der Waals surface area contributed by atoms with Crippen LogP contribution in [0.2, 0.25) is 0 Å². The number of hydrogen-bond acceptors (Lipinski definition) is 4. The van der Waals surface area contributed by atoms with Crippen molar-refractivity contribution in [3.05, 3.63) is 54.2 Å². The second-order valence-electron chi connectivity index (χ2n) is 5.07. The largest absolute Gasteiger partial charge is 0.469 e. The molecule has 0 spiro atoms. The number of anilines is 1. The molecule has 0 aliphatic carbocycles. The van der Waals surface area contributed by atoms with Crippen molar-refractivity contribution >= 4 is 22.6 Å². The van der Waals surface area contributed by atoms with Crippen molar-refractivity contribution in [1.82, 2.24) is 5.32 Å². The fourth-order valence-corrected chi connectivity index (χ4v) is 2.25. The van der Waals surface area contributed by atoms with Crippen molar-refractivity contribution in [3.63, 3.8) is 0 Å². The van der Waals surface area contributed by atoms with Crippen molar-refractivity contribution in [2.75, 3.05) is 5.73 Å². The summed E-state index contributed by atoms with van der Waals surface area (Å²) in [5.41, 5.74) is 7.00. The highest BCUT2D eigenvalue weighted by atomic mass is 16.3. The van der Waals surface area contributed by atoms with Gasteiger partial charge in [0.15, 0.2) is 5.76 Å². The Morgan fingerprint density at radius 3 is 2.95 bits per heavy atom. The lowest BCUT2D eigenvalue weighted by Gasteiger charge is -2.10. The number of fused-ring (bicyclic) bond motifs is 1. The topological polar surface area (TPSA) is 81.4 Å². The number of nitrogens with two attached hydrogens (primary N) is 1. The Bertz CT molecular complexity index is 759. The molecule has 1 aromatic carbocycles. The van der Waals surface area contributed by atoms with Gasteiger partial charge in [-0.2, -0.15) is 0 Å². The lowest BCUT2D eigenvalue weighted by atomic mass is 10.2. The van der Waals surface area contributed by atoms with Crippen LogP contribution in [0.3, 0.4) is 0 Å². The average Bonchev–Trinajstić information content (AvgIpc) is 3.06. The van der Waals surface area contributed by atoms with E-state index in [0.717, 1.165) is 11.1 Å². The third-order valence-corrected chi connectivity index (χ3v) is 3.23. The highest BCUT2D eigenvalue weighted by molar-refractivity contribution is 5.96. The second kappa shape index (κ2) is 5.36. The first-order valence-corrected chi connectivity index (χ1v) is 6.74. The zero-order chi connectivity index (χ0) is 14.8. The number of rotatable bonds is 4. The summed E-state index contributed by atoms with van der Waals surface area (Å²) in [6.45, 7) is 1.92. The second-order valence-corrected chi connectivity index (χ2v) is 5.07. The van der Waals surface area contributed by atoms with Crippen molar-refractivity contribution in [3.8, 4) is 0 Å². The van der Waals surface area contributed by atoms with Gasteiger partial charge in [-0.3, -0.25) is 4.79 Å². The van der Waals surface area contributed by atoms with Crippen LogP contribution in [0.15, 0.2) is 51.5 Å². The molecule has 0 saturated heterocycles. The molecular formula is C16H16N2O3. The molecule has 0 fully saturated rings. The van der Waals surface area contributed by atoms with Crippen LogP contribution in [0.4, 0.5) is 5.69 Å². The fraction of sp³-hybridized carbons (Fsp3) is 0.188. The normalized spacial score (nSPS) is 12.4. The zero-order valence-corrected chi connectivity index (χ0v) is 11.6. The first kappa shape index (κ1) is 13.3. The smallest absolute Gasteiger partial charge is 0.287 e. The standard InChI is InChI=1S/C16H16N2O3/c1-10(7-13-3-2-6-20-13)18-16(19)15-9-11-8-12(17)4-5-14(11)21-15/h2-6,8-10H,7,17H2,1H3,(H,18,19). The van der Waals surface area contributed by atoms with E-state index in [1.165, 1.54) is 0 Å². The number of carbonyl (C=O) groups is 1. The van der Waals surface area contributed by atoms with E-state index in [0.29, 0.717) is 17.7 Å².